The minimum atomic E-state index is -4.26. The number of benzene rings is 1. The first-order valence-electron chi connectivity index (χ1n) is 5.77. The van der Waals surface area contributed by atoms with Crippen molar-refractivity contribution in [2.45, 2.75) is 37.2 Å². The Morgan fingerprint density at radius 2 is 2.00 bits per heavy atom. The van der Waals surface area contributed by atoms with Crippen LogP contribution in [-0.4, -0.2) is 5.38 Å². The zero-order valence-electron chi connectivity index (χ0n) is 9.30. The highest BCUT2D eigenvalue weighted by Gasteiger charge is 2.31. The van der Waals surface area contributed by atoms with Gasteiger partial charge < -0.3 is 0 Å². The molecule has 0 saturated heterocycles. The van der Waals surface area contributed by atoms with Gasteiger partial charge in [-0.05, 0) is 43.2 Å². The summed E-state index contributed by atoms with van der Waals surface area (Å²) in [5.74, 6) is 0.586. The quantitative estimate of drug-likeness (QED) is 0.693. The fourth-order valence-corrected chi connectivity index (χ4v) is 2.26. The average Bonchev–Trinajstić information content (AvgIpc) is 3.09. The van der Waals surface area contributed by atoms with E-state index in [1.807, 2.05) is 0 Å². The Morgan fingerprint density at radius 3 is 2.59 bits per heavy atom. The van der Waals surface area contributed by atoms with E-state index < -0.39 is 11.7 Å². The van der Waals surface area contributed by atoms with Gasteiger partial charge in [-0.15, -0.1) is 11.6 Å². The summed E-state index contributed by atoms with van der Waals surface area (Å²) in [6, 6.07) is 5.50. The normalized spacial score (nSPS) is 18.1. The second-order valence-corrected chi connectivity index (χ2v) is 5.15. The molecule has 0 heterocycles. The first kappa shape index (κ1) is 12.7. The molecule has 0 aromatic heterocycles. The van der Waals surface area contributed by atoms with E-state index in [2.05, 4.69) is 0 Å². The second-order valence-electron chi connectivity index (χ2n) is 4.59. The van der Waals surface area contributed by atoms with Crippen LogP contribution in [0.25, 0.3) is 0 Å². The van der Waals surface area contributed by atoms with Crippen LogP contribution in [0.2, 0.25) is 0 Å². The molecule has 2 rings (SSSR count). The van der Waals surface area contributed by atoms with E-state index >= 15 is 0 Å². The molecule has 1 aliphatic rings. The lowest BCUT2D eigenvalue weighted by Gasteiger charge is -2.10. The van der Waals surface area contributed by atoms with Gasteiger partial charge in [-0.25, -0.2) is 0 Å². The molecule has 1 aromatic rings. The Hall–Kier alpha value is -0.700. The van der Waals surface area contributed by atoms with Crippen molar-refractivity contribution >= 4 is 11.6 Å². The Morgan fingerprint density at radius 1 is 1.29 bits per heavy atom. The van der Waals surface area contributed by atoms with Gasteiger partial charge in [0.2, 0.25) is 0 Å². The lowest BCUT2D eigenvalue weighted by Crippen LogP contribution is -2.07. The van der Waals surface area contributed by atoms with E-state index in [9.17, 15) is 13.2 Å². The zero-order valence-corrected chi connectivity index (χ0v) is 10.1. The highest BCUT2D eigenvalue weighted by Crippen LogP contribution is 2.37. The first-order chi connectivity index (χ1) is 7.97. The molecule has 1 fully saturated rings. The van der Waals surface area contributed by atoms with Crippen molar-refractivity contribution in [3.8, 4) is 0 Å². The van der Waals surface area contributed by atoms with Crippen LogP contribution in [-0.2, 0) is 12.6 Å². The second kappa shape index (κ2) is 4.89. The maximum Gasteiger partial charge on any atom is 0.416 e. The van der Waals surface area contributed by atoms with E-state index in [1.54, 1.807) is 6.07 Å². The maximum absolute atomic E-state index is 12.5. The fraction of sp³-hybridized carbons (Fsp3) is 0.538. The molecule has 4 heteroatoms. The third kappa shape index (κ3) is 3.63. The molecule has 0 N–H and O–H groups in total. The smallest absolute Gasteiger partial charge is 0.166 e. The summed E-state index contributed by atoms with van der Waals surface area (Å²) in [5, 5.41) is 0.115. The molecular formula is C13H14ClF3. The van der Waals surface area contributed by atoms with Crippen molar-refractivity contribution in [1.29, 1.82) is 0 Å². The minimum absolute atomic E-state index is 0.115. The van der Waals surface area contributed by atoms with Crippen molar-refractivity contribution in [2.75, 3.05) is 0 Å². The number of hydrogen-bond acceptors (Lipinski definition) is 0. The van der Waals surface area contributed by atoms with E-state index in [1.165, 1.54) is 12.1 Å². The van der Waals surface area contributed by atoms with Crippen LogP contribution in [0.3, 0.4) is 0 Å². The monoisotopic (exact) mass is 262 g/mol. The third-order valence-corrected chi connectivity index (χ3v) is 3.67. The van der Waals surface area contributed by atoms with Gasteiger partial charge in [0.1, 0.15) is 0 Å². The van der Waals surface area contributed by atoms with Crippen molar-refractivity contribution in [2.24, 2.45) is 5.92 Å². The fourth-order valence-electron chi connectivity index (χ4n) is 1.90. The summed E-state index contributed by atoms with van der Waals surface area (Å²) in [7, 11) is 0. The standard InChI is InChI=1S/C13H14ClF3/c14-12(10-5-6-10)7-4-9-2-1-3-11(8-9)13(15,16)17/h1-3,8,10,12H,4-7H2. The Bertz CT molecular complexity index is 382. The number of alkyl halides is 4. The summed E-state index contributed by atoms with van der Waals surface area (Å²) in [6.07, 6.45) is -0.553. The molecule has 0 aliphatic heterocycles. The van der Waals surface area contributed by atoms with E-state index in [0.717, 1.165) is 25.3 Å². The summed E-state index contributed by atoms with van der Waals surface area (Å²) >= 11 is 6.14. The highest BCUT2D eigenvalue weighted by atomic mass is 35.5. The lowest BCUT2D eigenvalue weighted by atomic mass is 10.0. The van der Waals surface area contributed by atoms with Crippen LogP contribution in [0.4, 0.5) is 13.2 Å². The van der Waals surface area contributed by atoms with Crippen molar-refractivity contribution in [3.63, 3.8) is 0 Å². The minimum Gasteiger partial charge on any atom is -0.166 e. The topological polar surface area (TPSA) is 0 Å². The van der Waals surface area contributed by atoms with Crippen LogP contribution in [0.15, 0.2) is 24.3 Å². The van der Waals surface area contributed by atoms with Gasteiger partial charge in [0.05, 0.1) is 5.56 Å². The van der Waals surface area contributed by atoms with Crippen LogP contribution >= 0.6 is 11.6 Å². The van der Waals surface area contributed by atoms with Crippen molar-refractivity contribution in [3.05, 3.63) is 35.4 Å². The van der Waals surface area contributed by atoms with Crippen LogP contribution in [0.5, 0.6) is 0 Å². The third-order valence-electron chi connectivity index (χ3n) is 3.10. The van der Waals surface area contributed by atoms with Crippen LogP contribution in [0.1, 0.15) is 30.4 Å². The molecule has 0 bridgehead atoms. The lowest BCUT2D eigenvalue weighted by molar-refractivity contribution is -0.137. The first-order valence-corrected chi connectivity index (χ1v) is 6.20. The van der Waals surface area contributed by atoms with Crippen LogP contribution in [0, 0.1) is 5.92 Å². The maximum atomic E-state index is 12.5. The highest BCUT2D eigenvalue weighted by molar-refractivity contribution is 6.20. The van der Waals surface area contributed by atoms with Gasteiger partial charge in [-0.3, -0.25) is 0 Å². The molecular weight excluding hydrogens is 249 g/mol. The summed E-state index contributed by atoms with van der Waals surface area (Å²) in [4.78, 5) is 0. The Balaban J connectivity index is 1.96. The SMILES string of the molecule is FC(F)(F)c1cccc(CCC(Cl)C2CC2)c1. The molecule has 17 heavy (non-hydrogen) atoms. The molecule has 1 unspecified atom stereocenters. The van der Waals surface area contributed by atoms with Gasteiger partial charge in [0.25, 0.3) is 0 Å². The van der Waals surface area contributed by atoms with E-state index in [-0.39, 0.29) is 5.38 Å². The number of aryl methyl sites for hydroxylation is 1. The molecule has 1 aliphatic carbocycles. The zero-order chi connectivity index (χ0) is 12.5. The molecule has 0 amide bonds. The van der Waals surface area contributed by atoms with Gasteiger partial charge >= 0.3 is 6.18 Å². The number of hydrogen-bond donors (Lipinski definition) is 0. The summed E-state index contributed by atoms with van der Waals surface area (Å²) in [5.41, 5.74) is 0.138. The Kier molecular flexibility index (Phi) is 3.67. The average molecular weight is 263 g/mol. The van der Waals surface area contributed by atoms with Gasteiger partial charge in [-0.2, -0.15) is 13.2 Å². The largest absolute Gasteiger partial charge is 0.416 e. The van der Waals surface area contributed by atoms with Gasteiger partial charge in [-0.1, -0.05) is 18.2 Å². The predicted octanol–water partition coefficient (Wildman–Crippen LogP) is 4.66. The number of rotatable bonds is 4. The van der Waals surface area contributed by atoms with Gasteiger partial charge in [0.15, 0.2) is 0 Å². The molecule has 0 nitrogen and oxygen atoms in total. The van der Waals surface area contributed by atoms with Gasteiger partial charge in [0, 0.05) is 5.38 Å². The summed E-state index contributed by atoms with van der Waals surface area (Å²) < 4.78 is 37.4. The predicted molar refractivity (Wildman–Crippen MR) is 62.1 cm³/mol. The van der Waals surface area contributed by atoms with Crippen LogP contribution < -0.4 is 0 Å². The molecule has 94 valence electrons. The van der Waals surface area contributed by atoms with E-state index in [0.29, 0.717) is 17.9 Å². The van der Waals surface area contributed by atoms with Crippen molar-refractivity contribution < 1.29 is 13.2 Å². The molecule has 1 aromatic carbocycles. The Labute approximate surface area is 104 Å². The molecule has 0 radical (unpaired) electrons. The van der Waals surface area contributed by atoms with E-state index in [4.69, 9.17) is 11.6 Å². The molecule has 1 atom stereocenters. The molecule has 1 saturated carbocycles. The van der Waals surface area contributed by atoms with Crippen molar-refractivity contribution in [1.82, 2.24) is 0 Å². The number of halogens is 4. The molecule has 0 spiro atoms. The summed E-state index contributed by atoms with van der Waals surface area (Å²) in [6.45, 7) is 0.